The average molecular weight is 392 g/mol. The molecule has 0 saturated carbocycles. The van der Waals surface area contributed by atoms with Crippen molar-refractivity contribution < 1.29 is 9.59 Å². The van der Waals surface area contributed by atoms with E-state index in [0.29, 0.717) is 18.5 Å². The van der Waals surface area contributed by atoms with Crippen LogP contribution >= 0.6 is 0 Å². The third kappa shape index (κ3) is 4.78. The fourth-order valence-electron chi connectivity index (χ4n) is 4.27. The van der Waals surface area contributed by atoms with Crippen LogP contribution in [0.1, 0.15) is 40.7 Å². The molecule has 0 radical (unpaired) electrons. The second-order valence-corrected chi connectivity index (χ2v) is 7.90. The number of para-hydroxylation sites is 1. The Bertz CT molecular complexity index is 858. The van der Waals surface area contributed by atoms with Gasteiger partial charge in [0, 0.05) is 50.4 Å². The third-order valence-corrected chi connectivity index (χ3v) is 5.99. The van der Waals surface area contributed by atoms with Crippen molar-refractivity contribution in [3.63, 3.8) is 0 Å². The standard InChI is InChI=1S/C24H29N3O2/c28-23(27-16-14-26(15-17-27)22-8-2-1-3-9-22)12-13-25-24(29)21-11-10-19-6-4-5-7-20(19)18-21/h1-3,8-11,18H,4-7,12-17H2,(H,25,29). The summed E-state index contributed by atoms with van der Waals surface area (Å²) in [5.74, 6) is 0.0310. The summed E-state index contributed by atoms with van der Waals surface area (Å²) in [6.07, 6.45) is 4.96. The van der Waals surface area contributed by atoms with Crippen LogP contribution < -0.4 is 10.2 Å². The summed E-state index contributed by atoms with van der Waals surface area (Å²) >= 11 is 0. The third-order valence-electron chi connectivity index (χ3n) is 5.99. The van der Waals surface area contributed by atoms with E-state index in [2.05, 4.69) is 28.4 Å². The number of hydrogen-bond donors (Lipinski definition) is 1. The largest absolute Gasteiger partial charge is 0.368 e. The molecule has 152 valence electrons. The summed E-state index contributed by atoms with van der Waals surface area (Å²) in [5, 5.41) is 2.91. The van der Waals surface area contributed by atoms with E-state index in [-0.39, 0.29) is 11.8 Å². The van der Waals surface area contributed by atoms with E-state index in [9.17, 15) is 9.59 Å². The van der Waals surface area contributed by atoms with E-state index >= 15 is 0 Å². The van der Waals surface area contributed by atoms with Crippen molar-refractivity contribution in [2.75, 3.05) is 37.6 Å². The molecule has 5 heteroatoms. The van der Waals surface area contributed by atoms with Crippen LogP contribution in [0.15, 0.2) is 48.5 Å². The highest BCUT2D eigenvalue weighted by atomic mass is 16.2. The molecule has 2 aromatic carbocycles. The lowest BCUT2D eigenvalue weighted by molar-refractivity contribution is -0.131. The predicted octanol–water partition coefficient (Wildman–Crippen LogP) is 3.03. The Hall–Kier alpha value is -2.82. The fraction of sp³-hybridized carbons (Fsp3) is 0.417. The molecule has 4 rings (SSSR count). The molecule has 1 saturated heterocycles. The van der Waals surface area contributed by atoms with Gasteiger partial charge < -0.3 is 15.1 Å². The minimum Gasteiger partial charge on any atom is -0.368 e. The molecule has 1 aliphatic carbocycles. The number of amides is 2. The molecule has 0 atom stereocenters. The lowest BCUT2D eigenvalue weighted by Gasteiger charge is -2.36. The summed E-state index contributed by atoms with van der Waals surface area (Å²) in [5.41, 5.74) is 4.58. The van der Waals surface area contributed by atoms with Crippen LogP contribution in [0.5, 0.6) is 0 Å². The lowest BCUT2D eigenvalue weighted by atomic mass is 9.90. The summed E-state index contributed by atoms with van der Waals surface area (Å²) in [6, 6.07) is 16.3. The zero-order chi connectivity index (χ0) is 20.1. The van der Waals surface area contributed by atoms with Gasteiger partial charge in [0.15, 0.2) is 0 Å². The maximum atomic E-state index is 12.5. The van der Waals surface area contributed by atoms with Crippen LogP contribution in [-0.4, -0.2) is 49.4 Å². The molecular weight excluding hydrogens is 362 g/mol. The van der Waals surface area contributed by atoms with Gasteiger partial charge in [0.2, 0.25) is 5.91 Å². The van der Waals surface area contributed by atoms with Crippen molar-refractivity contribution in [2.45, 2.75) is 32.1 Å². The van der Waals surface area contributed by atoms with E-state index in [4.69, 9.17) is 0 Å². The second-order valence-electron chi connectivity index (χ2n) is 7.90. The van der Waals surface area contributed by atoms with Crippen molar-refractivity contribution >= 4 is 17.5 Å². The molecule has 29 heavy (non-hydrogen) atoms. The van der Waals surface area contributed by atoms with Gasteiger partial charge in [-0.3, -0.25) is 9.59 Å². The zero-order valence-electron chi connectivity index (χ0n) is 16.9. The van der Waals surface area contributed by atoms with Crippen molar-refractivity contribution in [3.05, 3.63) is 65.2 Å². The van der Waals surface area contributed by atoms with Crippen molar-refractivity contribution in [1.29, 1.82) is 0 Å². The highest BCUT2D eigenvalue weighted by Crippen LogP contribution is 2.22. The van der Waals surface area contributed by atoms with E-state index in [1.807, 2.05) is 35.2 Å². The van der Waals surface area contributed by atoms with Crippen LogP contribution in [0.4, 0.5) is 5.69 Å². The van der Waals surface area contributed by atoms with Crippen molar-refractivity contribution in [3.8, 4) is 0 Å². The number of piperazine rings is 1. The predicted molar refractivity (Wildman–Crippen MR) is 115 cm³/mol. The van der Waals surface area contributed by atoms with Crippen molar-refractivity contribution in [1.82, 2.24) is 10.2 Å². The highest BCUT2D eigenvalue weighted by Gasteiger charge is 2.21. The van der Waals surface area contributed by atoms with Gasteiger partial charge in [-0.1, -0.05) is 24.3 Å². The van der Waals surface area contributed by atoms with E-state index in [1.54, 1.807) is 0 Å². The number of anilines is 1. The highest BCUT2D eigenvalue weighted by molar-refractivity contribution is 5.94. The molecule has 1 aliphatic heterocycles. The number of carbonyl (C=O) groups excluding carboxylic acids is 2. The number of hydrogen-bond acceptors (Lipinski definition) is 3. The minimum absolute atomic E-state index is 0.0833. The van der Waals surface area contributed by atoms with Gasteiger partial charge >= 0.3 is 0 Å². The normalized spacial score (nSPS) is 16.3. The molecule has 1 N–H and O–H groups in total. The Balaban J connectivity index is 1.22. The molecule has 0 aromatic heterocycles. The van der Waals surface area contributed by atoms with E-state index < -0.39 is 0 Å². The number of aryl methyl sites for hydroxylation is 2. The Morgan fingerprint density at radius 2 is 1.59 bits per heavy atom. The number of rotatable bonds is 5. The number of benzene rings is 2. The van der Waals surface area contributed by atoms with Crippen molar-refractivity contribution in [2.24, 2.45) is 0 Å². The summed E-state index contributed by atoms with van der Waals surface area (Å²) in [7, 11) is 0. The quantitative estimate of drug-likeness (QED) is 0.852. The Labute approximate surface area is 172 Å². The first kappa shape index (κ1) is 19.5. The monoisotopic (exact) mass is 391 g/mol. The van der Waals surface area contributed by atoms with Gasteiger partial charge in [-0.05, 0) is 61.1 Å². The SMILES string of the molecule is O=C(NCCC(=O)N1CCN(c2ccccc2)CC1)c1ccc2c(c1)CCCC2. The van der Waals surface area contributed by atoms with Gasteiger partial charge in [0.05, 0.1) is 0 Å². The molecule has 0 unspecified atom stereocenters. The molecule has 2 amide bonds. The summed E-state index contributed by atoms with van der Waals surface area (Å²) in [6.45, 7) is 3.53. The molecule has 1 heterocycles. The number of carbonyl (C=O) groups is 2. The molecule has 2 aliphatic rings. The van der Waals surface area contributed by atoms with E-state index in [0.717, 1.165) is 39.0 Å². The Kier molecular flexibility index (Phi) is 6.13. The van der Waals surface area contributed by atoms with Crippen LogP contribution in [0, 0.1) is 0 Å². The first-order valence-corrected chi connectivity index (χ1v) is 10.7. The fourth-order valence-corrected chi connectivity index (χ4v) is 4.27. The minimum atomic E-state index is -0.0833. The summed E-state index contributed by atoms with van der Waals surface area (Å²) in [4.78, 5) is 29.2. The number of nitrogens with zero attached hydrogens (tertiary/aromatic N) is 2. The van der Waals surface area contributed by atoms with Gasteiger partial charge in [-0.15, -0.1) is 0 Å². The first-order chi connectivity index (χ1) is 14.2. The van der Waals surface area contributed by atoms with Gasteiger partial charge in [0.25, 0.3) is 5.91 Å². The smallest absolute Gasteiger partial charge is 0.251 e. The van der Waals surface area contributed by atoms with Gasteiger partial charge in [-0.25, -0.2) is 0 Å². The molecule has 1 fully saturated rings. The summed E-state index contributed by atoms with van der Waals surface area (Å²) < 4.78 is 0. The lowest BCUT2D eigenvalue weighted by Crippen LogP contribution is -2.49. The Morgan fingerprint density at radius 3 is 2.34 bits per heavy atom. The average Bonchev–Trinajstić information content (AvgIpc) is 2.79. The Morgan fingerprint density at radius 1 is 0.862 bits per heavy atom. The maximum absolute atomic E-state index is 12.5. The molecular formula is C24H29N3O2. The molecule has 0 bridgehead atoms. The zero-order valence-corrected chi connectivity index (χ0v) is 16.9. The topological polar surface area (TPSA) is 52.7 Å². The second kappa shape index (κ2) is 9.12. The molecule has 5 nitrogen and oxygen atoms in total. The van der Waals surface area contributed by atoms with Crippen LogP contribution in [0.25, 0.3) is 0 Å². The van der Waals surface area contributed by atoms with Crippen LogP contribution in [0.3, 0.4) is 0 Å². The maximum Gasteiger partial charge on any atom is 0.251 e. The number of fused-ring (bicyclic) bond motifs is 1. The first-order valence-electron chi connectivity index (χ1n) is 10.7. The van der Waals surface area contributed by atoms with E-state index in [1.165, 1.54) is 29.7 Å². The van der Waals surface area contributed by atoms with Crippen LogP contribution in [0.2, 0.25) is 0 Å². The van der Waals surface area contributed by atoms with Gasteiger partial charge in [0.1, 0.15) is 0 Å². The van der Waals surface area contributed by atoms with Gasteiger partial charge in [-0.2, -0.15) is 0 Å². The molecule has 2 aromatic rings. The number of nitrogens with one attached hydrogen (secondary N) is 1. The van der Waals surface area contributed by atoms with Crippen LogP contribution in [-0.2, 0) is 17.6 Å². The molecule has 0 spiro atoms.